The quantitative estimate of drug-likeness (QED) is 0.757. The highest BCUT2D eigenvalue weighted by molar-refractivity contribution is 7.98. The van der Waals surface area contributed by atoms with E-state index in [1.165, 1.54) is 24.3 Å². The number of halogens is 1. The van der Waals surface area contributed by atoms with Crippen LogP contribution < -0.4 is 10.2 Å². The molecule has 2 nitrogen and oxygen atoms in total. The zero-order valence-corrected chi connectivity index (χ0v) is 12.4. The number of anilines is 2. The largest absolute Gasteiger partial charge is 0.383 e. The molecule has 1 aromatic rings. The van der Waals surface area contributed by atoms with Crippen molar-refractivity contribution in [2.45, 2.75) is 12.8 Å². The van der Waals surface area contributed by atoms with Gasteiger partial charge in [-0.15, -0.1) is 0 Å². The fraction of sp³-hybridized carbons (Fsp3) is 0.538. The van der Waals surface area contributed by atoms with E-state index in [0.717, 1.165) is 17.3 Å². The van der Waals surface area contributed by atoms with Crippen molar-refractivity contribution in [2.24, 2.45) is 0 Å². The first-order chi connectivity index (χ1) is 8.15. The van der Waals surface area contributed by atoms with Gasteiger partial charge in [-0.05, 0) is 43.0 Å². The van der Waals surface area contributed by atoms with Crippen molar-refractivity contribution in [1.29, 1.82) is 0 Å². The van der Waals surface area contributed by atoms with Crippen molar-refractivity contribution < 1.29 is 0 Å². The minimum absolute atomic E-state index is 0.780. The zero-order chi connectivity index (χ0) is 12.7. The molecule has 0 aliphatic rings. The smallest absolute Gasteiger partial charge is 0.0597 e. The van der Waals surface area contributed by atoms with Crippen LogP contribution in [0.5, 0.6) is 0 Å². The van der Waals surface area contributed by atoms with Gasteiger partial charge in [0.1, 0.15) is 0 Å². The zero-order valence-electron chi connectivity index (χ0n) is 10.8. The topological polar surface area (TPSA) is 15.3 Å². The Morgan fingerprint density at radius 1 is 1.29 bits per heavy atom. The molecular weight excluding hydrogens is 252 g/mol. The number of thioether (sulfide) groups is 1. The lowest BCUT2D eigenvalue weighted by molar-refractivity contribution is 0.843. The standard InChI is InChI=1S/C13H21ClN2S/c1-16(2)13-7-6-11(14)10-12(13)15-8-4-5-9-17-3/h6-7,10,15H,4-5,8-9H2,1-3H3. The van der Waals surface area contributed by atoms with Gasteiger partial charge in [-0.25, -0.2) is 0 Å². The lowest BCUT2D eigenvalue weighted by Crippen LogP contribution is -2.12. The summed E-state index contributed by atoms with van der Waals surface area (Å²) in [5.74, 6) is 1.23. The second-order valence-electron chi connectivity index (χ2n) is 4.18. The van der Waals surface area contributed by atoms with E-state index in [0.29, 0.717) is 0 Å². The molecule has 1 aromatic carbocycles. The lowest BCUT2D eigenvalue weighted by atomic mass is 10.2. The van der Waals surface area contributed by atoms with Crippen molar-refractivity contribution in [3.05, 3.63) is 23.2 Å². The molecule has 0 aliphatic carbocycles. The number of rotatable bonds is 7. The second-order valence-corrected chi connectivity index (χ2v) is 5.60. The molecule has 0 saturated carbocycles. The van der Waals surface area contributed by atoms with Gasteiger partial charge in [0.25, 0.3) is 0 Å². The second kappa shape index (κ2) is 7.72. The first-order valence-electron chi connectivity index (χ1n) is 5.85. The van der Waals surface area contributed by atoms with E-state index in [4.69, 9.17) is 11.6 Å². The third-order valence-corrected chi connectivity index (χ3v) is 3.46. The molecule has 4 heteroatoms. The van der Waals surface area contributed by atoms with E-state index in [2.05, 4.69) is 16.5 Å². The molecule has 96 valence electrons. The van der Waals surface area contributed by atoms with E-state index in [1.807, 2.05) is 44.1 Å². The number of hydrogen-bond acceptors (Lipinski definition) is 3. The fourth-order valence-corrected chi connectivity index (χ4v) is 2.30. The Kier molecular flexibility index (Phi) is 6.60. The summed E-state index contributed by atoms with van der Waals surface area (Å²) in [7, 11) is 4.09. The van der Waals surface area contributed by atoms with Crippen LogP contribution in [0.4, 0.5) is 11.4 Å². The van der Waals surface area contributed by atoms with Crippen LogP contribution in [0, 0.1) is 0 Å². The minimum Gasteiger partial charge on any atom is -0.383 e. The molecule has 1 rings (SSSR count). The molecule has 17 heavy (non-hydrogen) atoms. The van der Waals surface area contributed by atoms with E-state index in [1.54, 1.807) is 0 Å². The van der Waals surface area contributed by atoms with Crippen LogP contribution in [0.15, 0.2) is 18.2 Å². The maximum Gasteiger partial charge on any atom is 0.0597 e. The summed E-state index contributed by atoms with van der Waals surface area (Å²) in [5.41, 5.74) is 2.30. The highest BCUT2D eigenvalue weighted by atomic mass is 35.5. The number of nitrogens with one attached hydrogen (secondary N) is 1. The van der Waals surface area contributed by atoms with Crippen LogP contribution >= 0.6 is 23.4 Å². The highest BCUT2D eigenvalue weighted by Crippen LogP contribution is 2.27. The van der Waals surface area contributed by atoms with Gasteiger partial charge in [-0.2, -0.15) is 11.8 Å². The Balaban J connectivity index is 2.53. The maximum atomic E-state index is 6.02. The summed E-state index contributed by atoms with van der Waals surface area (Å²) in [6.45, 7) is 1.00. The molecule has 0 aromatic heterocycles. The van der Waals surface area contributed by atoms with E-state index in [-0.39, 0.29) is 0 Å². The molecule has 0 fully saturated rings. The fourth-order valence-electron chi connectivity index (χ4n) is 1.63. The number of hydrogen-bond donors (Lipinski definition) is 1. The summed E-state index contributed by atoms with van der Waals surface area (Å²) >= 11 is 7.92. The number of unbranched alkanes of at least 4 members (excludes halogenated alkanes) is 1. The van der Waals surface area contributed by atoms with Crippen molar-refractivity contribution in [2.75, 3.05) is 42.9 Å². The summed E-state index contributed by atoms with van der Waals surface area (Å²) in [4.78, 5) is 2.10. The van der Waals surface area contributed by atoms with Gasteiger partial charge < -0.3 is 10.2 Å². The maximum absolute atomic E-state index is 6.02. The molecule has 0 radical (unpaired) electrons. The van der Waals surface area contributed by atoms with E-state index >= 15 is 0 Å². The SMILES string of the molecule is CSCCCCNc1cc(Cl)ccc1N(C)C. The highest BCUT2D eigenvalue weighted by Gasteiger charge is 2.04. The van der Waals surface area contributed by atoms with Gasteiger partial charge in [-0.3, -0.25) is 0 Å². The Labute approximate surface area is 114 Å². The summed E-state index contributed by atoms with van der Waals surface area (Å²) in [5, 5.41) is 4.24. The first kappa shape index (κ1) is 14.5. The molecule has 0 heterocycles. The van der Waals surface area contributed by atoms with Crippen molar-refractivity contribution in [1.82, 2.24) is 0 Å². The summed E-state index contributed by atoms with van der Waals surface area (Å²) in [6, 6.07) is 5.97. The molecular formula is C13H21ClN2S. The summed E-state index contributed by atoms with van der Waals surface area (Å²) < 4.78 is 0. The summed E-state index contributed by atoms with van der Waals surface area (Å²) in [6.07, 6.45) is 4.60. The molecule has 0 aliphatic heterocycles. The molecule has 0 saturated heterocycles. The Hall–Kier alpha value is -0.540. The molecule has 0 unspecified atom stereocenters. The van der Waals surface area contributed by atoms with Crippen LogP contribution in [0.2, 0.25) is 5.02 Å². The average Bonchev–Trinajstić information content (AvgIpc) is 2.28. The van der Waals surface area contributed by atoms with Crippen LogP contribution in [0.3, 0.4) is 0 Å². The van der Waals surface area contributed by atoms with E-state index < -0.39 is 0 Å². The Bertz CT molecular complexity index is 342. The van der Waals surface area contributed by atoms with Crippen LogP contribution in [-0.2, 0) is 0 Å². The van der Waals surface area contributed by atoms with Gasteiger partial charge >= 0.3 is 0 Å². The minimum atomic E-state index is 0.780. The van der Waals surface area contributed by atoms with Gasteiger partial charge in [0.15, 0.2) is 0 Å². The van der Waals surface area contributed by atoms with Gasteiger partial charge in [0.05, 0.1) is 11.4 Å². The predicted octanol–water partition coefficient (Wildman–Crippen LogP) is 3.96. The van der Waals surface area contributed by atoms with Gasteiger partial charge in [0.2, 0.25) is 0 Å². The first-order valence-corrected chi connectivity index (χ1v) is 7.62. The molecule has 0 spiro atoms. The van der Waals surface area contributed by atoms with Crippen LogP contribution in [-0.4, -0.2) is 32.6 Å². The van der Waals surface area contributed by atoms with E-state index in [9.17, 15) is 0 Å². The monoisotopic (exact) mass is 272 g/mol. The average molecular weight is 273 g/mol. The van der Waals surface area contributed by atoms with Gasteiger partial charge in [0, 0.05) is 25.7 Å². The van der Waals surface area contributed by atoms with Crippen molar-refractivity contribution in [3.8, 4) is 0 Å². The van der Waals surface area contributed by atoms with Crippen LogP contribution in [0.25, 0.3) is 0 Å². The Morgan fingerprint density at radius 2 is 2.06 bits per heavy atom. The normalized spacial score (nSPS) is 10.4. The molecule has 1 N–H and O–H groups in total. The third kappa shape index (κ3) is 5.09. The molecule has 0 atom stereocenters. The molecule has 0 amide bonds. The predicted molar refractivity (Wildman–Crippen MR) is 81.9 cm³/mol. The van der Waals surface area contributed by atoms with Crippen molar-refractivity contribution in [3.63, 3.8) is 0 Å². The molecule has 0 bridgehead atoms. The van der Waals surface area contributed by atoms with Crippen molar-refractivity contribution >= 4 is 34.7 Å². The number of benzene rings is 1. The number of nitrogens with zero attached hydrogens (tertiary/aromatic N) is 1. The van der Waals surface area contributed by atoms with Gasteiger partial charge in [-0.1, -0.05) is 11.6 Å². The third-order valence-electron chi connectivity index (χ3n) is 2.53. The van der Waals surface area contributed by atoms with Crippen LogP contribution in [0.1, 0.15) is 12.8 Å². The lowest BCUT2D eigenvalue weighted by Gasteiger charge is -2.18. The Morgan fingerprint density at radius 3 is 2.71 bits per heavy atom.